The molecule has 0 fully saturated rings. The summed E-state index contributed by atoms with van der Waals surface area (Å²) in [5.74, 6) is -0.182. The first-order valence-electron chi connectivity index (χ1n) is 6.26. The number of carbonyl (C=O) groups is 1. The van der Waals surface area contributed by atoms with Gasteiger partial charge in [0.1, 0.15) is 12.2 Å². The zero-order valence-electron chi connectivity index (χ0n) is 11.6. The van der Waals surface area contributed by atoms with Gasteiger partial charge in [-0.3, -0.25) is 4.79 Å². The van der Waals surface area contributed by atoms with Crippen LogP contribution in [0.5, 0.6) is 0 Å². The molecular weight excluding hydrogens is 256 g/mol. The van der Waals surface area contributed by atoms with Crippen molar-refractivity contribution >= 4 is 5.97 Å². The number of aliphatic hydroxyl groups excluding tert-OH is 4. The van der Waals surface area contributed by atoms with Crippen molar-refractivity contribution in [3.63, 3.8) is 0 Å². The second-order valence-corrected chi connectivity index (χ2v) is 3.90. The summed E-state index contributed by atoms with van der Waals surface area (Å²) in [7, 11) is 0. The fourth-order valence-corrected chi connectivity index (χ4v) is 0.806. The molecule has 0 aromatic heterocycles. The molecule has 0 rings (SSSR count). The molecule has 0 aromatic rings. The molecule has 0 saturated heterocycles. The van der Waals surface area contributed by atoms with Gasteiger partial charge in [-0.15, -0.1) is 0 Å². The predicted molar refractivity (Wildman–Crippen MR) is 68.5 cm³/mol. The fourth-order valence-electron chi connectivity index (χ4n) is 0.806. The summed E-state index contributed by atoms with van der Waals surface area (Å²) < 4.78 is 9.36. The minimum Gasteiger partial charge on any atom is -0.466 e. The van der Waals surface area contributed by atoms with Crippen molar-refractivity contribution in [2.75, 3.05) is 33.0 Å². The van der Waals surface area contributed by atoms with Gasteiger partial charge >= 0.3 is 5.97 Å². The first-order valence-corrected chi connectivity index (χ1v) is 6.26. The van der Waals surface area contributed by atoms with E-state index < -0.39 is 12.2 Å². The van der Waals surface area contributed by atoms with E-state index in [4.69, 9.17) is 25.2 Å². The van der Waals surface area contributed by atoms with Crippen LogP contribution in [0.1, 0.15) is 26.7 Å². The van der Waals surface area contributed by atoms with Crippen molar-refractivity contribution in [2.24, 2.45) is 0 Å². The largest absolute Gasteiger partial charge is 0.466 e. The topological polar surface area (TPSA) is 116 Å². The lowest BCUT2D eigenvalue weighted by Gasteiger charge is -2.10. The molecule has 0 aliphatic rings. The molecule has 7 heteroatoms. The number of hydrogen-bond acceptors (Lipinski definition) is 7. The van der Waals surface area contributed by atoms with E-state index >= 15 is 0 Å². The Bertz CT molecular complexity index is 189. The summed E-state index contributed by atoms with van der Waals surface area (Å²) in [6.07, 6.45) is 0.217. The summed E-state index contributed by atoms with van der Waals surface area (Å²) in [6, 6.07) is 0. The van der Waals surface area contributed by atoms with Crippen LogP contribution in [0.4, 0.5) is 0 Å². The highest BCUT2D eigenvalue weighted by Gasteiger charge is 2.04. The van der Waals surface area contributed by atoms with Gasteiger partial charge in [0.15, 0.2) is 0 Å². The van der Waals surface area contributed by atoms with E-state index in [-0.39, 0.29) is 32.4 Å². The van der Waals surface area contributed by atoms with Crippen LogP contribution in [0.25, 0.3) is 0 Å². The third kappa shape index (κ3) is 19.8. The monoisotopic (exact) mass is 282 g/mol. The normalized spacial score (nSPS) is 13.2. The smallest absolute Gasteiger partial charge is 0.302 e. The van der Waals surface area contributed by atoms with Gasteiger partial charge in [-0.05, 0) is 6.42 Å². The Morgan fingerprint density at radius 2 is 1.58 bits per heavy atom. The molecule has 7 nitrogen and oxygen atoms in total. The summed E-state index contributed by atoms with van der Waals surface area (Å²) in [6.45, 7) is 3.26. The third-order valence-corrected chi connectivity index (χ3v) is 1.85. The number of rotatable bonds is 9. The lowest BCUT2D eigenvalue weighted by atomic mass is 10.4. The Balaban J connectivity index is 0. The van der Waals surface area contributed by atoms with Crippen molar-refractivity contribution in [3.8, 4) is 0 Å². The SMILES string of the molecule is CCCCOC(C)=O.OCC(O)COCC(O)CO. The van der Waals surface area contributed by atoms with E-state index in [1.165, 1.54) is 6.92 Å². The zero-order chi connectivity index (χ0) is 15.1. The van der Waals surface area contributed by atoms with E-state index in [0.29, 0.717) is 6.61 Å². The van der Waals surface area contributed by atoms with Crippen LogP contribution in [0, 0.1) is 0 Å². The van der Waals surface area contributed by atoms with Gasteiger partial charge in [-0.1, -0.05) is 13.3 Å². The maximum absolute atomic E-state index is 10.1. The van der Waals surface area contributed by atoms with Gasteiger partial charge < -0.3 is 29.9 Å². The van der Waals surface area contributed by atoms with Crippen LogP contribution >= 0.6 is 0 Å². The Morgan fingerprint density at radius 1 is 1.11 bits per heavy atom. The predicted octanol–water partition coefficient (Wildman–Crippen LogP) is -0.941. The highest BCUT2D eigenvalue weighted by molar-refractivity contribution is 5.65. The van der Waals surface area contributed by atoms with E-state index in [1.54, 1.807) is 0 Å². The van der Waals surface area contributed by atoms with Crippen LogP contribution in [-0.4, -0.2) is 71.6 Å². The second kappa shape index (κ2) is 15.3. The van der Waals surface area contributed by atoms with Crippen molar-refractivity contribution in [3.05, 3.63) is 0 Å². The van der Waals surface area contributed by atoms with Crippen LogP contribution in [0.15, 0.2) is 0 Å². The highest BCUT2D eigenvalue weighted by atomic mass is 16.5. The molecule has 0 spiro atoms. The highest BCUT2D eigenvalue weighted by Crippen LogP contribution is 1.87. The first kappa shape index (κ1) is 20.6. The number of esters is 1. The van der Waals surface area contributed by atoms with E-state index in [1.807, 2.05) is 0 Å². The van der Waals surface area contributed by atoms with Crippen LogP contribution in [0.2, 0.25) is 0 Å². The molecule has 0 aliphatic carbocycles. The third-order valence-electron chi connectivity index (χ3n) is 1.85. The Kier molecular flexibility index (Phi) is 16.6. The van der Waals surface area contributed by atoms with Gasteiger partial charge in [0, 0.05) is 6.92 Å². The van der Waals surface area contributed by atoms with E-state index in [2.05, 4.69) is 11.7 Å². The van der Waals surface area contributed by atoms with Crippen LogP contribution in [0.3, 0.4) is 0 Å². The average molecular weight is 282 g/mol. The van der Waals surface area contributed by atoms with Crippen molar-refractivity contribution in [2.45, 2.75) is 38.9 Å². The summed E-state index contributed by atoms with van der Waals surface area (Å²) >= 11 is 0. The number of ether oxygens (including phenoxy) is 2. The van der Waals surface area contributed by atoms with Crippen molar-refractivity contribution < 1.29 is 34.7 Å². The lowest BCUT2D eigenvalue weighted by molar-refractivity contribution is -0.141. The molecule has 0 aliphatic heterocycles. The molecule has 0 bridgehead atoms. The Morgan fingerprint density at radius 3 is 1.89 bits per heavy atom. The molecule has 0 saturated carbocycles. The molecule has 19 heavy (non-hydrogen) atoms. The molecule has 0 radical (unpaired) electrons. The van der Waals surface area contributed by atoms with Crippen LogP contribution in [-0.2, 0) is 14.3 Å². The van der Waals surface area contributed by atoms with Gasteiger partial charge in [0.05, 0.1) is 33.0 Å². The van der Waals surface area contributed by atoms with Gasteiger partial charge in [-0.2, -0.15) is 0 Å². The standard InChI is InChI=1S/C6H14O5.C6H12O2/c7-1-5(9)3-11-4-6(10)2-8;1-3-4-5-8-6(2)7/h5-10H,1-4H2;3-5H2,1-2H3. The molecule has 0 aromatic carbocycles. The maximum Gasteiger partial charge on any atom is 0.302 e. The number of carbonyl (C=O) groups excluding carboxylic acids is 1. The van der Waals surface area contributed by atoms with Gasteiger partial charge in [0.25, 0.3) is 0 Å². The Labute approximate surface area is 113 Å². The molecule has 0 amide bonds. The van der Waals surface area contributed by atoms with Crippen molar-refractivity contribution in [1.29, 1.82) is 0 Å². The summed E-state index contributed by atoms with van der Waals surface area (Å²) in [5, 5.41) is 34.1. The summed E-state index contributed by atoms with van der Waals surface area (Å²) in [4.78, 5) is 10.1. The van der Waals surface area contributed by atoms with E-state index in [9.17, 15) is 4.79 Å². The summed E-state index contributed by atoms with van der Waals surface area (Å²) in [5.41, 5.74) is 0. The minimum absolute atomic E-state index is 0.0342. The zero-order valence-corrected chi connectivity index (χ0v) is 11.6. The Hall–Kier alpha value is -0.730. The molecule has 2 unspecified atom stereocenters. The average Bonchev–Trinajstić information content (AvgIpc) is 2.39. The first-order chi connectivity index (χ1) is 8.97. The van der Waals surface area contributed by atoms with Crippen molar-refractivity contribution in [1.82, 2.24) is 0 Å². The fraction of sp³-hybridized carbons (Fsp3) is 0.917. The molecule has 2 atom stereocenters. The number of aliphatic hydroxyl groups is 4. The second-order valence-electron chi connectivity index (χ2n) is 3.90. The molecular formula is C12H26O7. The minimum atomic E-state index is -0.916. The quantitative estimate of drug-likeness (QED) is 0.318. The maximum atomic E-state index is 10.1. The number of unbranched alkanes of at least 4 members (excludes halogenated alkanes) is 1. The van der Waals surface area contributed by atoms with Gasteiger partial charge in [-0.25, -0.2) is 0 Å². The van der Waals surface area contributed by atoms with Gasteiger partial charge in [0.2, 0.25) is 0 Å². The molecule has 0 heterocycles. The number of hydrogen-bond donors (Lipinski definition) is 4. The molecule has 116 valence electrons. The van der Waals surface area contributed by atoms with Crippen LogP contribution < -0.4 is 0 Å². The van der Waals surface area contributed by atoms with E-state index in [0.717, 1.165) is 12.8 Å². The molecule has 4 N–H and O–H groups in total. The lowest BCUT2D eigenvalue weighted by Crippen LogP contribution is -2.25.